The van der Waals surface area contributed by atoms with Gasteiger partial charge >= 0.3 is 0 Å². The Bertz CT molecular complexity index is 893. The van der Waals surface area contributed by atoms with Crippen LogP contribution in [0.25, 0.3) is 0 Å². The summed E-state index contributed by atoms with van der Waals surface area (Å²) in [7, 11) is -3.42. The van der Waals surface area contributed by atoms with Crippen LogP contribution < -0.4 is 0 Å². The number of benzene rings is 1. The van der Waals surface area contributed by atoms with Crippen molar-refractivity contribution in [2.45, 2.75) is 74.4 Å². The monoisotopic (exact) mass is 371 g/mol. The molecular formula is C20H25N3O2S. The van der Waals surface area contributed by atoms with E-state index in [1.165, 1.54) is 17.5 Å². The number of hydrogen-bond acceptors (Lipinski definition) is 3. The summed E-state index contributed by atoms with van der Waals surface area (Å²) < 4.78 is 30.9. The first-order chi connectivity index (χ1) is 12.6. The molecular weight excluding hydrogens is 346 g/mol. The molecule has 1 aromatic carbocycles. The molecule has 6 heteroatoms. The van der Waals surface area contributed by atoms with Crippen molar-refractivity contribution in [2.24, 2.45) is 0 Å². The van der Waals surface area contributed by atoms with Gasteiger partial charge in [0.25, 0.3) is 0 Å². The van der Waals surface area contributed by atoms with Crippen molar-refractivity contribution in [3.63, 3.8) is 0 Å². The zero-order valence-corrected chi connectivity index (χ0v) is 15.7. The summed E-state index contributed by atoms with van der Waals surface area (Å²) in [5.41, 5.74) is 2.56. The highest BCUT2D eigenvalue weighted by molar-refractivity contribution is 7.89. The Labute approximate surface area is 155 Å². The minimum atomic E-state index is -3.42. The summed E-state index contributed by atoms with van der Waals surface area (Å²) in [5.74, 6) is 0. The molecule has 2 aliphatic heterocycles. The summed E-state index contributed by atoms with van der Waals surface area (Å²) in [5, 5.41) is 0. The molecule has 1 aromatic heterocycles. The average Bonchev–Trinajstić information content (AvgIpc) is 3.28. The Morgan fingerprint density at radius 1 is 0.962 bits per heavy atom. The normalized spacial score (nSPS) is 28.8. The molecule has 2 unspecified atom stereocenters. The molecule has 2 atom stereocenters. The van der Waals surface area contributed by atoms with Crippen LogP contribution in [0.3, 0.4) is 0 Å². The highest BCUT2D eigenvalue weighted by Crippen LogP contribution is 2.44. The highest BCUT2D eigenvalue weighted by atomic mass is 32.2. The molecule has 0 radical (unpaired) electrons. The van der Waals surface area contributed by atoms with E-state index in [0.29, 0.717) is 10.9 Å². The number of nitrogens with zero attached hydrogens (tertiary/aromatic N) is 3. The molecule has 0 saturated carbocycles. The van der Waals surface area contributed by atoms with Gasteiger partial charge in [-0.15, -0.1) is 0 Å². The third-order valence-electron chi connectivity index (χ3n) is 6.48. The fourth-order valence-electron chi connectivity index (χ4n) is 5.22. The van der Waals surface area contributed by atoms with Crippen LogP contribution in [0.5, 0.6) is 0 Å². The van der Waals surface area contributed by atoms with Gasteiger partial charge in [-0.2, -0.15) is 4.31 Å². The van der Waals surface area contributed by atoms with Crippen molar-refractivity contribution in [1.82, 2.24) is 13.9 Å². The highest BCUT2D eigenvalue weighted by Gasteiger charge is 2.47. The number of imidazole rings is 1. The first-order valence-electron chi connectivity index (χ1n) is 9.76. The molecule has 138 valence electrons. The standard InChI is InChI=1S/C20H25N3O2S/c24-26(25,20-8-5-15-3-1-2-4-16(15)11-20)23-17-6-7-18(23)13-19(12-17)22-10-9-21-14-22/h5,8-11,14,17-19H,1-4,6-7,12-13H2. The van der Waals surface area contributed by atoms with Crippen LogP contribution in [-0.4, -0.2) is 34.4 Å². The Balaban J connectivity index is 1.44. The van der Waals surface area contributed by atoms with Gasteiger partial charge in [0.05, 0.1) is 11.2 Å². The summed E-state index contributed by atoms with van der Waals surface area (Å²) in [6, 6.07) is 6.42. The minimum absolute atomic E-state index is 0.113. The van der Waals surface area contributed by atoms with E-state index in [2.05, 4.69) is 9.55 Å². The second-order valence-corrected chi connectivity index (χ2v) is 9.84. The van der Waals surface area contributed by atoms with Crippen molar-refractivity contribution in [1.29, 1.82) is 0 Å². The lowest BCUT2D eigenvalue weighted by molar-refractivity contribution is 0.193. The molecule has 2 saturated heterocycles. The molecule has 2 fully saturated rings. The lowest BCUT2D eigenvalue weighted by Gasteiger charge is -2.38. The van der Waals surface area contributed by atoms with Crippen LogP contribution in [0.2, 0.25) is 0 Å². The first-order valence-corrected chi connectivity index (χ1v) is 11.2. The maximum absolute atomic E-state index is 13.4. The van der Waals surface area contributed by atoms with E-state index in [0.717, 1.165) is 44.9 Å². The summed E-state index contributed by atoms with van der Waals surface area (Å²) >= 11 is 0. The topological polar surface area (TPSA) is 55.2 Å². The van der Waals surface area contributed by atoms with E-state index in [1.807, 2.05) is 35.0 Å². The Hall–Kier alpha value is -1.66. The molecule has 2 aromatic rings. The smallest absolute Gasteiger partial charge is 0.243 e. The molecule has 0 N–H and O–H groups in total. The number of fused-ring (bicyclic) bond motifs is 3. The molecule has 26 heavy (non-hydrogen) atoms. The number of rotatable bonds is 3. The molecule has 3 aliphatic rings. The van der Waals surface area contributed by atoms with Crippen molar-refractivity contribution >= 4 is 10.0 Å². The number of piperidine rings is 1. The fourth-order valence-corrected chi connectivity index (χ4v) is 7.16. The predicted octanol–water partition coefficient (Wildman–Crippen LogP) is 3.32. The van der Waals surface area contributed by atoms with Gasteiger partial charge in [0, 0.05) is 30.5 Å². The Morgan fingerprint density at radius 2 is 1.69 bits per heavy atom. The van der Waals surface area contributed by atoms with Crippen LogP contribution in [-0.2, 0) is 22.9 Å². The SMILES string of the molecule is O=S(=O)(c1ccc2c(c1)CCCC2)N1C2CCC1CC(n1ccnc1)C2. The maximum atomic E-state index is 13.4. The van der Waals surface area contributed by atoms with Crippen LogP contribution in [0.15, 0.2) is 41.8 Å². The van der Waals surface area contributed by atoms with Crippen molar-refractivity contribution in [3.05, 3.63) is 48.0 Å². The van der Waals surface area contributed by atoms with E-state index in [9.17, 15) is 8.42 Å². The molecule has 2 bridgehead atoms. The van der Waals surface area contributed by atoms with Gasteiger partial charge in [0.15, 0.2) is 0 Å². The van der Waals surface area contributed by atoms with E-state index < -0.39 is 10.0 Å². The number of hydrogen-bond donors (Lipinski definition) is 0. The Morgan fingerprint density at radius 3 is 2.38 bits per heavy atom. The first kappa shape index (κ1) is 16.5. The molecule has 5 rings (SSSR count). The fraction of sp³-hybridized carbons (Fsp3) is 0.550. The third kappa shape index (κ3) is 2.62. The van der Waals surface area contributed by atoms with E-state index in [-0.39, 0.29) is 12.1 Å². The zero-order valence-electron chi connectivity index (χ0n) is 14.9. The second kappa shape index (κ2) is 6.20. The number of aromatic nitrogens is 2. The van der Waals surface area contributed by atoms with Crippen LogP contribution in [0.1, 0.15) is 55.7 Å². The lowest BCUT2D eigenvalue weighted by atomic mass is 9.92. The van der Waals surface area contributed by atoms with Gasteiger partial charge in [0.1, 0.15) is 0 Å². The summed E-state index contributed by atoms with van der Waals surface area (Å²) in [4.78, 5) is 4.65. The van der Waals surface area contributed by atoms with E-state index in [4.69, 9.17) is 0 Å². The van der Waals surface area contributed by atoms with Gasteiger partial charge in [-0.3, -0.25) is 0 Å². The molecule has 3 heterocycles. The minimum Gasteiger partial charge on any atom is -0.334 e. The van der Waals surface area contributed by atoms with E-state index >= 15 is 0 Å². The van der Waals surface area contributed by atoms with Crippen LogP contribution >= 0.6 is 0 Å². The summed E-state index contributed by atoms with van der Waals surface area (Å²) in [6.07, 6.45) is 13.8. The van der Waals surface area contributed by atoms with Gasteiger partial charge in [0.2, 0.25) is 10.0 Å². The average molecular weight is 372 g/mol. The molecule has 0 spiro atoms. The van der Waals surface area contributed by atoms with Crippen molar-refractivity contribution in [2.75, 3.05) is 0 Å². The third-order valence-corrected chi connectivity index (χ3v) is 8.48. The maximum Gasteiger partial charge on any atom is 0.243 e. The molecule has 0 amide bonds. The van der Waals surface area contributed by atoms with Crippen molar-refractivity contribution in [3.8, 4) is 0 Å². The van der Waals surface area contributed by atoms with Gasteiger partial charge < -0.3 is 4.57 Å². The number of sulfonamides is 1. The van der Waals surface area contributed by atoms with Crippen LogP contribution in [0, 0.1) is 0 Å². The Kier molecular flexibility index (Phi) is 3.94. The zero-order chi connectivity index (χ0) is 17.7. The second-order valence-electron chi connectivity index (χ2n) is 7.99. The van der Waals surface area contributed by atoms with Gasteiger partial charge in [-0.05, 0) is 74.6 Å². The van der Waals surface area contributed by atoms with Crippen molar-refractivity contribution < 1.29 is 8.42 Å². The predicted molar refractivity (Wildman–Crippen MR) is 99.4 cm³/mol. The van der Waals surface area contributed by atoms with Crippen LogP contribution in [0.4, 0.5) is 0 Å². The quantitative estimate of drug-likeness (QED) is 0.832. The van der Waals surface area contributed by atoms with Gasteiger partial charge in [-0.1, -0.05) is 6.07 Å². The largest absolute Gasteiger partial charge is 0.334 e. The van der Waals surface area contributed by atoms with Gasteiger partial charge in [-0.25, -0.2) is 13.4 Å². The lowest BCUT2D eigenvalue weighted by Crippen LogP contribution is -2.46. The molecule has 1 aliphatic carbocycles. The van der Waals surface area contributed by atoms with E-state index in [1.54, 1.807) is 6.20 Å². The molecule has 5 nitrogen and oxygen atoms in total. The number of aryl methyl sites for hydroxylation is 2. The summed E-state index contributed by atoms with van der Waals surface area (Å²) in [6.45, 7) is 0.